The van der Waals surface area contributed by atoms with E-state index in [2.05, 4.69) is 89.3 Å². The molecule has 1 saturated carbocycles. The molecule has 0 bridgehead atoms. The maximum Gasteiger partial charge on any atom is 0.0955 e. The van der Waals surface area contributed by atoms with Gasteiger partial charge in [0, 0.05) is 29.8 Å². The van der Waals surface area contributed by atoms with E-state index < -0.39 is 0 Å². The van der Waals surface area contributed by atoms with Crippen molar-refractivity contribution in [1.82, 2.24) is 15.5 Å². The first-order valence-corrected chi connectivity index (χ1v) is 9.68. The van der Waals surface area contributed by atoms with Gasteiger partial charge in [0.05, 0.1) is 5.69 Å². The number of aromatic nitrogens is 2. The van der Waals surface area contributed by atoms with Crippen LogP contribution >= 0.6 is 0 Å². The minimum absolute atomic E-state index is 0.705. The lowest BCUT2D eigenvalue weighted by Crippen LogP contribution is -2.11. The summed E-state index contributed by atoms with van der Waals surface area (Å²) < 4.78 is 0. The molecule has 4 rings (SSSR count). The average Bonchev–Trinajstić information content (AvgIpc) is 3.41. The first kappa shape index (κ1) is 19.1. The lowest BCUT2D eigenvalue weighted by Gasteiger charge is -2.07. The molecular formula is C24H29N3. The minimum atomic E-state index is 0.705. The van der Waals surface area contributed by atoms with Crippen molar-refractivity contribution in [2.45, 2.75) is 25.2 Å². The standard InChI is InChI=1S/C22H25N3.C2H4/c1-23-13-12-21-20(22(25-24-21)17-10-6-3-7-11-17)15-18-14-19(18)16-8-4-2-5-9-16;1-2/h2-11,18-19,23H,12-15H2,1H3,(H,24,25);1-2H2. The zero-order valence-electron chi connectivity index (χ0n) is 16.1. The van der Waals surface area contributed by atoms with E-state index in [0.29, 0.717) is 5.92 Å². The summed E-state index contributed by atoms with van der Waals surface area (Å²) in [5.74, 6) is 1.44. The minimum Gasteiger partial charge on any atom is -0.319 e. The van der Waals surface area contributed by atoms with Gasteiger partial charge in [-0.05, 0) is 37.3 Å². The molecule has 2 unspecified atom stereocenters. The highest BCUT2D eigenvalue weighted by Gasteiger charge is 2.39. The van der Waals surface area contributed by atoms with Gasteiger partial charge in [0.2, 0.25) is 0 Å². The van der Waals surface area contributed by atoms with E-state index >= 15 is 0 Å². The zero-order chi connectivity index (χ0) is 19.1. The van der Waals surface area contributed by atoms with Gasteiger partial charge in [-0.2, -0.15) is 5.10 Å². The Labute approximate surface area is 162 Å². The summed E-state index contributed by atoms with van der Waals surface area (Å²) in [6.07, 6.45) is 3.39. The van der Waals surface area contributed by atoms with E-state index in [1.807, 2.05) is 7.05 Å². The first-order valence-electron chi connectivity index (χ1n) is 9.68. The second-order valence-corrected chi connectivity index (χ2v) is 6.97. The van der Waals surface area contributed by atoms with Gasteiger partial charge in [-0.15, -0.1) is 13.2 Å². The highest BCUT2D eigenvalue weighted by atomic mass is 15.1. The molecule has 2 aromatic carbocycles. The molecule has 1 fully saturated rings. The molecule has 3 aromatic rings. The number of H-pyrrole nitrogens is 1. The predicted octanol–water partition coefficient (Wildman–Crippen LogP) is 4.99. The van der Waals surface area contributed by atoms with E-state index in [9.17, 15) is 0 Å². The second kappa shape index (κ2) is 9.33. The van der Waals surface area contributed by atoms with Crippen molar-refractivity contribution in [2.24, 2.45) is 5.92 Å². The fraction of sp³-hybridized carbons (Fsp3) is 0.292. The van der Waals surface area contributed by atoms with Crippen molar-refractivity contribution in [3.8, 4) is 11.3 Å². The Balaban J connectivity index is 0.00000102. The van der Waals surface area contributed by atoms with Crippen molar-refractivity contribution in [2.75, 3.05) is 13.6 Å². The largest absolute Gasteiger partial charge is 0.319 e. The van der Waals surface area contributed by atoms with Gasteiger partial charge in [0.1, 0.15) is 0 Å². The normalized spacial score (nSPS) is 17.8. The summed E-state index contributed by atoms with van der Waals surface area (Å²) in [4.78, 5) is 0. The Hall–Kier alpha value is -2.65. The SMILES string of the molecule is C=C.CNCCc1[nH]nc(-c2ccccc2)c1CC1CC1c1ccccc1. The molecule has 3 nitrogen and oxygen atoms in total. The van der Waals surface area contributed by atoms with E-state index in [1.165, 1.54) is 28.8 Å². The molecule has 1 aromatic heterocycles. The Morgan fingerprint density at radius 1 is 1.04 bits per heavy atom. The van der Waals surface area contributed by atoms with Crippen LogP contribution in [-0.2, 0) is 12.8 Å². The van der Waals surface area contributed by atoms with Gasteiger partial charge in [0.25, 0.3) is 0 Å². The van der Waals surface area contributed by atoms with Crippen molar-refractivity contribution < 1.29 is 0 Å². The summed E-state index contributed by atoms with van der Waals surface area (Å²) in [6, 6.07) is 21.5. The number of hydrogen-bond donors (Lipinski definition) is 2. The Morgan fingerprint density at radius 2 is 1.70 bits per heavy atom. The first-order chi connectivity index (χ1) is 13.4. The lowest BCUT2D eigenvalue weighted by atomic mass is 9.98. The molecule has 0 saturated heterocycles. The highest BCUT2D eigenvalue weighted by molar-refractivity contribution is 5.64. The maximum absolute atomic E-state index is 4.67. The van der Waals surface area contributed by atoms with Crippen LogP contribution < -0.4 is 5.32 Å². The van der Waals surface area contributed by atoms with Gasteiger partial charge >= 0.3 is 0 Å². The summed E-state index contributed by atoms with van der Waals surface area (Å²) in [7, 11) is 2.00. The Kier molecular flexibility index (Phi) is 6.61. The van der Waals surface area contributed by atoms with E-state index in [-0.39, 0.29) is 0 Å². The fourth-order valence-electron chi connectivity index (χ4n) is 3.76. The number of benzene rings is 2. The number of aromatic amines is 1. The molecular weight excluding hydrogens is 330 g/mol. The van der Waals surface area contributed by atoms with Gasteiger partial charge in [-0.1, -0.05) is 60.7 Å². The van der Waals surface area contributed by atoms with E-state index in [4.69, 9.17) is 0 Å². The van der Waals surface area contributed by atoms with Crippen LogP contribution in [0.1, 0.15) is 29.2 Å². The number of rotatable bonds is 7. The summed E-state index contributed by atoms with van der Waals surface area (Å²) in [5.41, 5.74) is 6.51. The Bertz CT molecular complexity index is 823. The molecule has 1 aliphatic rings. The van der Waals surface area contributed by atoms with Crippen LogP contribution in [0.25, 0.3) is 11.3 Å². The van der Waals surface area contributed by atoms with Crippen LogP contribution in [0.5, 0.6) is 0 Å². The van der Waals surface area contributed by atoms with E-state index in [0.717, 1.165) is 31.0 Å². The molecule has 0 radical (unpaired) electrons. The van der Waals surface area contributed by atoms with Crippen LogP contribution in [0.3, 0.4) is 0 Å². The van der Waals surface area contributed by atoms with E-state index in [1.54, 1.807) is 0 Å². The molecule has 140 valence electrons. The lowest BCUT2D eigenvalue weighted by molar-refractivity contribution is 0.746. The fourth-order valence-corrected chi connectivity index (χ4v) is 3.76. The Morgan fingerprint density at radius 3 is 2.37 bits per heavy atom. The number of nitrogens with zero attached hydrogens (tertiary/aromatic N) is 1. The molecule has 0 aliphatic heterocycles. The summed E-state index contributed by atoms with van der Waals surface area (Å²) >= 11 is 0. The van der Waals surface area contributed by atoms with Crippen LogP contribution in [0.15, 0.2) is 73.8 Å². The predicted molar refractivity (Wildman–Crippen MR) is 114 cm³/mol. The third-order valence-corrected chi connectivity index (χ3v) is 5.24. The molecule has 27 heavy (non-hydrogen) atoms. The highest BCUT2D eigenvalue weighted by Crippen LogP contribution is 2.50. The van der Waals surface area contributed by atoms with Crippen LogP contribution in [0.4, 0.5) is 0 Å². The van der Waals surface area contributed by atoms with Crippen molar-refractivity contribution in [3.63, 3.8) is 0 Å². The molecule has 2 N–H and O–H groups in total. The van der Waals surface area contributed by atoms with Gasteiger partial charge in [-0.25, -0.2) is 0 Å². The molecule has 1 aliphatic carbocycles. The smallest absolute Gasteiger partial charge is 0.0955 e. The molecule has 3 heteroatoms. The van der Waals surface area contributed by atoms with Crippen molar-refractivity contribution >= 4 is 0 Å². The summed E-state index contributed by atoms with van der Waals surface area (Å²) in [6.45, 7) is 6.97. The van der Waals surface area contributed by atoms with Gasteiger partial charge in [0.15, 0.2) is 0 Å². The third-order valence-electron chi connectivity index (χ3n) is 5.24. The third kappa shape index (κ3) is 4.55. The number of hydrogen-bond acceptors (Lipinski definition) is 2. The van der Waals surface area contributed by atoms with Gasteiger partial charge in [-0.3, -0.25) is 5.10 Å². The zero-order valence-corrected chi connectivity index (χ0v) is 16.1. The molecule has 1 heterocycles. The second-order valence-electron chi connectivity index (χ2n) is 6.97. The monoisotopic (exact) mass is 359 g/mol. The summed E-state index contributed by atoms with van der Waals surface area (Å²) in [5, 5.41) is 11.2. The number of likely N-dealkylation sites (N-methyl/N-ethyl adjacent to an activating group) is 1. The van der Waals surface area contributed by atoms with Crippen LogP contribution in [0.2, 0.25) is 0 Å². The number of nitrogens with one attached hydrogen (secondary N) is 2. The van der Waals surface area contributed by atoms with Gasteiger partial charge < -0.3 is 5.32 Å². The molecule has 2 atom stereocenters. The van der Waals surface area contributed by atoms with Crippen LogP contribution in [0, 0.1) is 5.92 Å². The maximum atomic E-state index is 4.67. The van der Waals surface area contributed by atoms with Crippen molar-refractivity contribution in [3.05, 3.63) is 90.6 Å². The van der Waals surface area contributed by atoms with Crippen LogP contribution in [-0.4, -0.2) is 23.8 Å². The van der Waals surface area contributed by atoms with Crippen molar-refractivity contribution in [1.29, 1.82) is 0 Å². The topological polar surface area (TPSA) is 40.7 Å². The average molecular weight is 360 g/mol. The molecule has 0 amide bonds. The quantitative estimate of drug-likeness (QED) is 0.584. The molecule has 0 spiro atoms.